The van der Waals surface area contributed by atoms with Gasteiger partial charge in [-0.3, -0.25) is 14.4 Å². The van der Waals surface area contributed by atoms with Crippen molar-refractivity contribution in [2.24, 2.45) is 5.92 Å². The third-order valence-corrected chi connectivity index (χ3v) is 5.09. The summed E-state index contributed by atoms with van der Waals surface area (Å²) in [5.41, 5.74) is 0.669. The van der Waals surface area contributed by atoms with Gasteiger partial charge in [0, 0.05) is 37.7 Å². The summed E-state index contributed by atoms with van der Waals surface area (Å²) in [6.45, 7) is 5.60. The SMILES string of the molecule is CC(C)N1CC(C(=O)OC(C(=O)N2CCCC2)c2ccccc2)CC1=O. The molecule has 2 fully saturated rings. The second kappa shape index (κ2) is 7.89. The molecule has 2 aliphatic rings. The molecular formula is C20H26N2O4. The van der Waals surface area contributed by atoms with Gasteiger partial charge in [0.1, 0.15) is 0 Å². The Hall–Kier alpha value is -2.37. The van der Waals surface area contributed by atoms with Crippen LogP contribution in [-0.4, -0.2) is 53.3 Å². The summed E-state index contributed by atoms with van der Waals surface area (Å²) in [4.78, 5) is 41.1. The molecule has 1 aromatic rings. The molecule has 6 nitrogen and oxygen atoms in total. The van der Waals surface area contributed by atoms with E-state index in [1.807, 2.05) is 32.0 Å². The van der Waals surface area contributed by atoms with E-state index in [0.717, 1.165) is 12.8 Å². The van der Waals surface area contributed by atoms with Crippen LogP contribution in [0, 0.1) is 5.92 Å². The molecule has 0 spiro atoms. The van der Waals surface area contributed by atoms with Crippen molar-refractivity contribution < 1.29 is 19.1 Å². The minimum absolute atomic E-state index is 0.0379. The Balaban J connectivity index is 1.74. The summed E-state index contributed by atoms with van der Waals surface area (Å²) >= 11 is 0. The van der Waals surface area contributed by atoms with Crippen molar-refractivity contribution in [3.8, 4) is 0 Å². The predicted octanol–water partition coefficient (Wildman–Crippen LogP) is 2.15. The zero-order valence-corrected chi connectivity index (χ0v) is 15.4. The summed E-state index contributed by atoms with van der Waals surface area (Å²) < 4.78 is 5.66. The maximum Gasteiger partial charge on any atom is 0.312 e. The Kier molecular flexibility index (Phi) is 5.59. The Bertz CT molecular complexity index is 668. The Morgan fingerprint density at radius 3 is 2.35 bits per heavy atom. The van der Waals surface area contributed by atoms with Gasteiger partial charge in [-0.1, -0.05) is 30.3 Å². The fourth-order valence-electron chi connectivity index (χ4n) is 3.59. The molecule has 2 saturated heterocycles. The minimum atomic E-state index is -0.940. The van der Waals surface area contributed by atoms with Gasteiger partial charge in [0.15, 0.2) is 0 Å². The molecule has 0 radical (unpaired) electrons. The average molecular weight is 358 g/mol. The molecule has 0 aliphatic carbocycles. The van der Waals surface area contributed by atoms with Crippen LogP contribution in [0.5, 0.6) is 0 Å². The Morgan fingerprint density at radius 1 is 1.12 bits per heavy atom. The number of carbonyl (C=O) groups is 3. The summed E-state index contributed by atoms with van der Waals surface area (Å²) in [7, 11) is 0. The molecule has 0 N–H and O–H groups in total. The highest BCUT2D eigenvalue weighted by Crippen LogP contribution is 2.27. The fraction of sp³-hybridized carbons (Fsp3) is 0.550. The smallest absolute Gasteiger partial charge is 0.312 e. The highest BCUT2D eigenvalue weighted by molar-refractivity contribution is 5.89. The lowest BCUT2D eigenvalue weighted by Crippen LogP contribution is -2.36. The van der Waals surface area contributed by atoms with Gasteiger partial charge in [0.2, 0.25) is 12.0 Å². The molecule has 2 atom stereocenters. The minimum Gasteiger partial charge on any atom is -0.447 e. The van der Waals surface area contributed by atoms with Gasteiger partial charge in [-0.2, -0.15) is 0 Å². The number of hydrogen-bond acceptors (Lipinski definition) is 4. The number of amides is 2. The molecule has 26 heavy (non-hydrogen) atoms. The lowest BCUT2D eigenvalue weighted by Gasteiger charge is -2.25. The first-order valence-corrected chi connectivity index (χ1v) is 9.31. The first kappa shape index (κ1) is 18.4. The largest absolute Gasteiger partial charge is 0.447 e. The number of nitrogens with zero attached hydrogens (tertiary/aromatic N) is 2. The van der Waals surface area contributed by atoms with E-state index in [2.05, 4.69) is 0 Å². The number of ether oxygens (including phenoxy) is 1. The second-order valence-corrected chi connectivity index (χ2v) is 7.30. The molecule has 1 aromatic carbocycles. The van der Waals surface area contributed by atoms with E-state index >= 15 is 0 Å². The van der Waals surface area contributed by atoms with Crippen molar-refractivity contribution in [2.75, 3.05) is 19.6 Å². The van der Waals surface area contributed by atoms with Crippen molar-refractivity contribution in [2.45, 2.75) is 45.3 Å². The normalized spacial score (nSPS) is 21.3. The maximum absolute atomic E-state index is 12.9. The van der Waals surface area contributed by atoms with Crippen LogP contribution in [0.1, 0.15) is 44.8 Å². The molecule has 0 saturated carbocycles. The van der Waals surface area contributed by atoms with Crippen LogP contribution in [0.25, 0.3) is 0 Å². The topological polar surface area (TPSA) is 66.9 Å². The number of carbonyl (C=O) groups excluding carboxylic acids is 3. The van der Waals surface area contributed by atoms with Crippen LogP contribution in [0.3, 0.4) is 0 Å². The standard InChI is InChI=1S/C20H26N2O4/c1-14(2)22-13-16(12-17(22)23)20(25)26-18(15-8-4-3-5-9-15)19(24)21-10-6-7-11-21/h3-5,8-9,14,16,18H,6-7,10-13H2,1-2H3. The van der Waals surface area contributed by atoms with Crippen LogP contribution in [0.2, 0.25) is 0 Å². The average Bonchev–Trinajstić information content (AvgIpc) is 3.29. The highest BCUT2D eigenvalue weighted by atomic mass is 16.5. The summed E-state index contributed by atoms with van der Waals surface area (Å²) in [5, 5.41) is 0. The van der Waals surface area contributed by atoms with Crippen molar-refractivity contribution in [3.63, 3.8) is 0 Å². The third kappa shape index (κ3) is 3.89. The van der Waals surface area contributed by atoms with E-state index in [9.17, 15) is 14.4 Å². The van der Waals surface area contributed by atoms with Crippen molar-refractivity contribution in [3.05, 3.63) is 35.9 Å². The molecule has 2 heterocycles. The van der Waals surface area contributed by atoms with E-state index in [1.54, 1.807) is 21.9 Å². The van der Waals surface area contributed by atoms with Gasteiger partial charge in [-0.25, -0.2) is 0 Å². The van der Waals surface area contributed by atoms with Crippen molar-refractivity contribution in [1.29, 1.82) is 0 Å². The summed E-state index contributed by atoms with van der Waals surface area (Å²) in [6.07, 6.45) is 1.16. The first-order valence-electron chi connectivity index (χ1n) is 9.31. The third-order valence-electron chi connectivity index (χ3n) is 5.09. The van der Waals surface area contributed by atoms with Gasteiger partial charge in [0.05, 0.1) is 5.92 Å². The van der Waals surface area contributed by atoms with E-state index in [-0.39, 0.29) is 24.3 Å². The van der Waals surface area contributed by atoms with Gasteiger partial charge in [-0.15, -0.1) is 0 Å². The second-order valence-electron chi connectivity index (χ2n) is 7.30. The molecule has 0 bridgehead atoms. The van der Waals surface area contributed by atoms with Gasteiger partial charge in [0.25, 0.3) is 5.91 Å². The zero-order valence-electron chi connectivity index (χ0n) is 15.4. The lowest BCUT2D eigenvalue weighted by molar-refractivity contribution is -0.163. The molecule has 2 unspecified atom stereocenters. The molecule has 2 amide bonds. The quantitative estimate of drug-likeness (QED) is 0.757. The predicted molar refractivity (Wildman–Crippen MR) is 96.0 cm³/mol. The molecule has 2 aliphatic heterocycles. The summed E-state index contributed by atoms with van der Waals surface area (Å²) in [5.74, 6) is -1.19. The van der Waals surface area contributed by atoms with E-state index in [0.29, 0.717) is 25.2 Å². The number of rotatable bonds is 5. The first-order chi connectivity index (χ1) is 12.5. The van der Waals surface area contributed by atoms with E-state index in [4.69, 9.17) is 4.74 Å². The number of hydrogen-bond donors (Lipinski definition) is 0. The van der Waals surface area contributed by atoms with Crippen LogP contribution < -0.4 is 0 Å². The van der Waals surface area contributed by atoms with Crippen LogP contribution in [0.15, 0.2) is 30.3 Å². The lowest BCUT2D eigenvalue weighted by atomic mass is 10.1. The molecule has 0 aromatic heterocycles. The van der Waals surface area contributed by atoms with Gasteiger partial charge in [-0.05, 0) is 26.7 Å². The molecule has 140 valence electrons. The Morgan fingerprint density at radius 2 is 1.77 bits per heavy atom. The van der Waals surface area contributed by atoms with E-state index < -0.39 is 18.0 Å². The van der Waals surface area contributed by atoms with Crippen LogP contribution >= 0.6 is 0 Å². The van der Waals surface area contributed by atoms with Crippen LogP contribution in [-0.2, 0) is 19.1 Å². The monoisotopic (exact) mass is 358 g/mol. The molecule has 3 rings (SSSR count). The van der Waals surface area contributed by atoms with Gasteiger partial charge >= 0.3 is 5.97 Å². The number of likely N-dealkylation sites (tertiary alicyclic amines) is 2. The van der Waals surface area contributed by atoms with Crippen molar-refractivity contribution >= 4 is 17.8 Å². The number of esters is 1. The van der Waals surface area contributed by atoms with E-state index in [1.165, 1.54) is 0 Å². The van der Waals surface area contributed by atoms with Gasteiger partial charge < -0.3 is 14.5 Å². The van der Waals surface area contributed by atoms with Crippen molar-refractivity contribution in [1.82, 2.24) is 9.80 Å². The summed E-state index contributed by atoms with van der Waals surface area (Å²) in [6, 6.07) is 9.16. The fourth-order valence-corrected chi connectivity index (χ4v) is 3.59. The highest BCUT2D eigenvalue weighted by Gasteiger charge is 2.39. The van der Waals surface area contributed by atoms with Crippen LogP contribution in [0.4, 0.5) is 0 Å². The zero-order chi connectivity index (χ0) is 18.7. The number of benzene rings is 1. The maximum atomic E-state index is 12.9. The molecular weight excluding hydrogens is 332 g/mol. The molecule has 6 heteroatoms. The Labute approximate surface area is 154 Å².